The highest BCUT2D eigenvalue weighted by molar-refractivity contribution is 6.33. The Hall–Kier alpha value is -1.29. The molecular weight excluding hydrogens is 180 g/mol. The van der Waals surface area contributed by atoms with E-state index in [2.05, 4.69) is 9.72 Å². The van der Waals surface area contributed by atoms with Crippen LogP contribution in [0.3, 0.4) is 0 Å². The lowest BCUT2D eigenvalue weighted by Crippen LogP contribution is -2.06. The van der Waals surface area contributed by atoms with Gasteiger partial charge in [0.25, 0.3) is 0 Å². The highest BCUT2D eigenvalue weighted by atomic mass is 35.5. The second-order valence-corrected chi connectivity index (χ2v) is 2.47. The first kappa shape index (κ1) is 8.80. The standard InChI is InChI=1S/C7H7ClN2O2/c1-12-7(11)6-4(8)2-3-5(9)10-6/h2-3H,1H3,(H2,9,10). The van der Waals surface area contributed by atoms with E-state index >= 15 is 0 Å². The summed E-state index contributed by atoms with van der Waals surface area (Å²) in [5.74, 6) is -0.355. The summed E-state index contributed by atoms with van der Waals surface area (Å²) in [6.45, 7) is 0. The largest absolute Gasteiger partial charge is 0.464 e. The van der Waals surface area contributed by atoms with E-state index < -0.39 is 5.97 Å². The molecule has 2 N–H and O–H groups in total. The van der Waals surface area contributed by atoms with E-state index in [0.717, 1.165) is 0 Å². The van der Waals surface area contributed by atoms with E-state index in [-0.39, 0.29) is 16.5 Å². The molecule has 0 saturated carbocycles. The van der Waals surface area contributed by atoms with Gasteiger partial charge >= 0.3 is 5.97 Å². The van der Waals surface area contributed by atoms with Gasteiger partial charge in [-0.1, -0.05) is 11.6 Å². The Balaban J connectivity index is 3.13. The van der Waals surface area contributed by atoms with Crippen molar-refractivity contribution in [1.82, 2.24) is 4.98 Å². The first-order chi connectivity index (χ1) is 5.65. The smallest absolute Gasteiger partial charge is 0.358 e. The number of nitrogens with zero attached hydrogens (tertiary/aromatic N) is 1. The lowest BCUT2D eigenvalue weighted by molar-refractivity contribution is 0.0594. The molecule has 1 aromatic heterocycles. The molecule has 1 aromatic rings. The molecule has 0 amide bonds. The van der Waals surface area contributed by atoms with Crippen LogP contribution in [0.15, 0.2) is 12.1 Å². The first-order valence-electron chi connectivity index (χ1n) is 3.15. The summed E-state index contributed by atoms with van der Waals surface area (Å²) in [6, 6.07) is 3.00. The highest BCUT2D eigenvalue weighted by Crippen LogP contribution is 2.15. The van der Waals surface area contributed by atoms with Gasteiger partial charge in [0.2, 0.25) is 0 Å². The highest BCUT2D eigenvalue weighted by Gasteiger charge is 2.11. The Bertz CT molecular complexity index is 314. The molecule has 0 radical (unpaired) electrons. The molecule has 0 fully saturated rings. The summed E-state index contributed by atoms with van der Waals surface area (Å²) in [5.41, 5.74) is 5.38. The molecular formula is C7H7ClN2O2. The lowest BCUT2D eigenvalue weighted by atomic mass is 10.3. The fourth-order valence-corrected chi connectivity index (χ4v) is 0.879. The number of nitrogens with two attached hydrogens (primary N) is 1. The third-order valence-corrected chi connectivity index (χ3v) is 1.55. The summed E-state index contributed by atoms with van der Waals surface area (Å²) < 4.78 is 4.43. The summed E-state index contributed by atoms with van der Waals surface area (Å²) >= 11 is 5.65. The minimum Gasteiger partial charge on any atom is -0.464 e. The molecule has 0 aliphatic carbocycles. The molecule has 0 aromatic carbocycles. The molecule has 0 spiro atoms. The maximum Gasteiger partial charge on any atom is 0.358 e. The van der Waals surface area contributed by atoms with Gasteiger partial charge in [-0.05, 0) is 12.1 Å². The predicted molar refractivity (Wildman–Crippen MR) is 45.0 cm³/mol. The number of anilines is 1. The number of aromatic nitrogens is 1. The van der Waals surface area contributed by atoms with Crippen LogP contribution in [0.4, 0.5) is 5.82 Å². The van der Waals surface area contributed by atoms with Crippen molar-refractivity contribution in [3.05, 3.63) is 22.8 Å². The van der Waals surface area contributed by atoms with E-state index in [1.54, 1.807) is 0 Å². The number of methoxy groups -OCH3 is 1. The minimum atomic E-state index is -0.590. The van der Waals surface area contributed by atoms with Crippen molar-refractivity contribution in [2.45, 2.75) is 0 Å². The fraction of sp³-hybridized carbons (Fsp3) is 0.143. The van der Waals surface area contributed by atoms with Gasteiger partial charge in [0.05, 0.1) is 12.1 Å². The number of carbonyl (C=O) groups excluding carboxylic acids is 1. The Morgan fingerprint density at radius 1 is 1.67 bits per heavy atom. The van der Waals surface area contributed by atoms with Crippen LogP contribution in [-0.2, 0) is 4.74 Å². The van der Waals surface area contributed by atoms with Gasteiger partial charge < -0.3 is 10.5 Å². The third kappa shape index (κ3) is 1.65. The van der Waals surface area contributed by atoms with Crippen LogP contribution in [0.25, 0.3) is 0 Å². The number of pyridine rings is 1. The molecule has 5 heteroatoms. The molecule has 0 unspecified atom stereocenters. The molecule has 0 aliphatic heterocycles. The van der Waals surface area contributed by atoms with Crippen molar-refractivity contribution in [3.8, 4) is 0 Å². The fourth-order valence-electron chi connectivity index (χ4n) is 0.697. The van der Waals surface area contributed by atoms with Crippen molar-refractivity contribution in [1.29, 1.82) is 0 Å². The maximum absolute atomic E-state index is 11.0. The number of esters is 1. The zero-order valence-corrected chi connectivity index (χ0v) is 7.13. The van der Waals surface area contributed by atoms with Crippen molar-refractivity contribution in [2.75, 3.05) is 12.8 Å². The molecule has 1 heterocycles. The summed E-state index contributed by atoms with van der Waals surface area (Å²) in [4.78, 5) is 14.7. The molecule has 0 bridgehead atoms. The quantitative estimate of drug-likeness (QED) is 0.668. The maximum atomic E-state index is 11.0. The van der Waals surface area contributed by atoms with Crippen molar-refractivity contribution in [3.63, 3.8) is 0 Å². The van der Waals surface area contributed by atoms with E-state index in [1.807, 2.05) is 0 Å². The predicted octanol–water partition coefficient (Wildman–Crippen LogP) is 1.10. The SMILES string of the molecule is COC(=O)c1nc(N)ccc1Cl. The lowest BCUT2D eigenvalue weighted by Gasteiger charge is -2.00. The van der Waals surface area contributed by atoms with Crippen LogP contribution in [0.5, 0.6) is 0 Å². The molecule has 0 aliphatic rings. The van der Waals surface area contributed by atoms with E-state index in [0.29, 0.717) is 0 Å². The Labute approximate surface area is 74.3 Å². The van der Waals surface area contributed by atoms with Crippen LogP contribution < -0.4 is 5.73 Å². The van der Waals surface area contributed by atoms with Crippen LogP contribution in [0.2, 0.25) is 5.02 Å². The van der Waals surface area contributed by atoms with Crippen molar-refractivity contribution >= 4 is 23.4 Å². The zero-order chi connectivity index (χ0) is 9.14. The molecule has 64 valence electrons. The van der Waals surface area contributed by atoms with Crippen molar-refractivity contribution in [2.24, 2.45) is 0 Å². The first-order valence-corrected chi connectivity index (χ1v) is 3.53. The van der Waals surface area contributed by atoms with Gasteiger partial charge in [0.15, 0.2) is 5.69 Å². The van der Waals surface area contributed by atoms with E-state index in [1.165, 1.54) is 19.2 Å². The Morgan fingerprint density at radius 2 is 2.33 bits per heavy atom. The van der Waals surface area contributed by atoms with Gasteiger partial charge in [-0.15, -0.1) is 0 Å². The summed E-state index contributed by atoms with van der Waals surface area (Å²) in [5, 5.41) is 0.232. The average Bonchev–Trinajstić information content (AvgIpc) is 2.08. The van der Waals surface area contributed by atoms with Gasteiger partial charge in [0, 0.05) is 0 Å². The Kier molecular flexibility index (Phi) is 2.50. The van der Waals surface area contributed by atoms with Gasteiger partial charge in [-0.25, -0.2) is 9.78 Å². The van der Waals surface area contributed by atoms with Crippen molar-refractivity contribution < 1.29 is 9.53 Å². The average molecular weight is 187 g/mol. The van der Waals surface area contributed by atoms with Crippen LogP contribution in [-0.4, -0.2) is 18.1 Å². The van der Waals surface area contributed by atoms with E-state index in [4.69, 9.17) is 17.3 Å². The second kappa shape index (κ2) is 3.40. The molecule has 0 saturated heterocycles. The number of halogens is 1. The number of carbonyl (C=O) groups is 1. The third-order valence-electron chi connectivity index (χ3n) is 1.25. The van der Waals surface area contributed by atoms with Gasteiger partial charge in [-0.2, -0.15) is 0 Å². The summed E-state index contributed by atoms with van der Waals surface area (Å²) in [7, 11) is 1.25. The second-order valence-electron chi connectivity index (χ2n) is 2.06. The van der Waals surface area contributed by atoms with E-state index in [9.17, 15) is 4.79 Å². The number of nitrogen functional groups attached to an aromatic ring is 1. The number of hydrogen-bond acceptors (Lipinski definition) is 4. The van der Waals surface area contributed by atoms with Gasteiger partial charge in [-0.3, -0.25) is 0 Å². The van der Waals surface area contributed by atoms with Crippen LogP contribution in [0, 0.1) is 0 Å². The minimum absolute atomic E-state index is 0.0409. The molecule has 1 rings (SSSR count). The van der Waals surface area contributed by atoms with Crippen LogP contribution >= 0.6 is 11.6 Å². The number of rotatable bonds is 1. The molecule has 0 atom stereocenters. The topological polar surface area (TPSA) is 65.2 Å². The van der Waals surface area contributed by atoms with Crippen LogP contribution in [0.1, 0.15) is 10.5 Å². The Morgan fingerprint density at radius 3 is 2.92 bits per heavy atom. The number of hydrogen-bond donors (Lipinski definition) is 1. The monoisotopic (exact) mass is 186 g/mol. The number of ether oxygens (including phenoxy) is 1. The normalized spacial score (nSPS) is 9.50. The van der Waals surface area contributed by atoms with Gasteiger partial charge in [0.1, 0.15) is 5.82 Å². The molecule has 12 heavy (non-hydrogen) atoms. The molecule has 4 nitrogen and oxygen atoms in total. The zero-order valence-electron chi connectivity index (χ0n) is 6.37. The summed E-state index contributed by atoms with van der Waals surface area (Å²) in [6.07, 6.45) is 0.